The number of hydrogen-bond donors (Lipinski definition) is 1. The first-order valence-electron chi connectivity index (χ1n) is 7.61. The van der Waals surface area contributed by atoms with Gasteiger partial charge in [-0.3, -0.25) is 9.59 Å². The number of nitrogens with one attached hydrogen (secondary N) is 1. The highest BCUT2D eigenvalue weighted by atomic mass is 79.9. The van der Waals surface area contributed by atoms with Crippen LogP contribution in [0.3, 0.4) is 0 Å². The number of carbonyl (C=O) groups excluding carboxylic acids is 2. The Hall–Kier alpha value is -1.01. The van der Waals surface area contributed by atoms with Gasteiger partial charge in [-0.05, 0) is 49.4 Å². The van der Waals surface area contributed by atoms with Crippen molar-refractivity contribution >= 4 is 39.6 Å². The van der Waals surface area contributed by atoms with E-state index in [0.717, 1.165) is 26.9 Å². The Bertz CT molecular complexity index is 561. The highest BCUT2D eigenvalue weighted by Crippen LogP contribution is 2.28. The summed E-state index contributed by atoms with van der Waals surface area (Å²) in [6, 6.07) is 4.07. The fourth-order valence-electron chi connectivity index (χ4n) is 1.79. The number of ether oxygens (including phenoxy) is 1. The number of hydrogen-bond acceptors (Lipinski definition) is 4. The van der Waals surface area contributed by atoms with Crippen LogP contribution in [0.1, 0.15) is 31.4 Å². The first kappa shape index (κ1) is 20.0. The second-order valence-corrected chi connectivity index (χ2v) is 7.72. The molecule has 0 radical (unpaired) electrons. The molecule has 1 N–H and O–H groups in total. The summed E-state index contributed by atoms with van der Waals surface area (Å²) < 4.78 is 6.05. The van der Waals surface area contributed by atoms with Gasteiger partial charge in [-0.25, -0.2) is 0 Å². The van der Waals surface area contributed by atoms with Gasteiger partial charge >= 0.3 is 5.97 Å². The third kappa shape index (κ3) is 7.88. The van der Waals surface area contributed by atoms with Crippen LogP contribution in [0.4, 0.5) is 0 Å². The molecule has 0 fully saturated rings. The predicted octanol–water partition coefficient (Wildman–Crippen LogP) is 3.86. The maximum absolute atomic E-state index is 11.7. The highest BCUT2D eigenvalue weighted by Gasteiger charge is 2.10. The van der Waals surface area contributed by atoms with Gasteiger partial charge in [0.15, 0.2) is 6.61 Å². The van der Waals surface area contributed by atoms with Crippen molar-refractivity contribution in [3.05, 3.63) is 27.7 Å². The lowest BCUT2D eigenvalue weighted by Crippen LogP contribution is -2.30. The van der Waals surface area contributed by atoms with Crippen molar-refractivity contribution in [3.63, 3.8) is 0 Å². The average molecular weight is 402 g/mol. The largest absolute Gasteiger partial charge is 0.455 e. The Kier molecular flexibility index (Phi) is 8.69. The zero-order valence-corrected chi connectivity index (χ0v) is 16.5. The number of rotatable bonds is 8. The Morgan fingerprint density at radius 2 is 1.96 bits per heavy atom. The molecule has 0 unspecified atom stereocenters. The Morgan fingerprint density at radius 1 is 1.26 bits per heavy atom. The van der Waals surface area contributed by atoms with Crippen LogP contribution in [0.5, 0.6) is 0 Å². The molecule has 0 aromatic heterocycles. The molecule has 128 valence electrons. The van der Waals surface area contributed by atoms with Gasteiger partial charge in [-0.1, -0.05) is 29.8 Å². The van der Waals surface area contributed by atoms with Gasteiger partial charge in [-0.15, -0.1) is 11.8 Å². The molecule has 23 heavy (non-hydrogen) atoms. The van der Waals surface area contributed by atoms with Crippen LogP contribution in [-0.2, 0) is 14.3 Å². The smallest absolute Gasteiger partial charge is 0.316 e. The van der Waals surface area contributed by atoms with Gasteiger partial charge in [0, 0.05) is 15.9 Å². The zero-order chi connectivity index (χ0) is 17.4. The monoisotopic (exact) mass is 401 g/mol. The molecule has 0 aliphatic heterocycles. The second-order valence-electron chi connectivity index (χ2n) is 5.85. The molecule has 0 aliphatic rings. The van der Waals surface area contributed by atoms with Crippen molar-refractivity contribution in [2.75, 3.05) is 18.9 Å². The van der Waals surface area contributed by atoms with E-state index in [-0.39, 0.29) is 24.2 Å². The van der Waals surface area contributed by atoms with Crippen molar-refractivity contribution in [1.29, 1.82) is 0 Å². The number of amides is 1. The van der Waals surface area contributed by atoms with E-state index in [9.17, 15) is 9.59 Å². The summed E-state index contributed by atoms with van der Waals surface area (Å²) in [6.07, 6.45) is 0.914. The molecule has 0 bridgehead atoms. The number of halogens is 1. The fourth-order valence-corrected chi connectivity index (χ4v) is 3.15. The molecular weight excluding hydrogens is 378 g/mol. The van der Waals surface area contributed by atoms with Gasteiger partial charge in [0.25, 0.3) is 5.91 Å². The van der Waals surface area contributed by atoms with Crippen LogP contribution in [0, 0.1) is 19.8 Å². The molecule has 0 heterocycles. The summed E-state index contributed by atoms with van der Waals surface area (Å²) in [4.78, 5) is 24.3. The molecule has 6 heteroatoms. The highest BCUT2D eigenvalue weighted by molar-refractivity contribution is 9.10. The van der Waals surface area contributed by atoms with Crippen LogP contribution in [0.2, 0.25) is 0 Å². The molecule has 1 amide bonds. The molecule has 0 saturated carbocycles. The van der Waals surface area contributed by atoms with Crippen LogP contribution in [0.15, 0.2) is 21.5 Å². The van der Waals surface area contributed by atoms with Crippen LogP contribution in [0.25, 0.3) is 0 Å². The first-order chi connectivity index (χ1) is 10.8. The van der Waals surface area contributed by atoms with E-state index in [1.165, 1.54) is 11.8 Å². The lowest BCUT2D eigenvalue weighted by Gasteiger charge is -2.09. The van der Waals surface area contributed by atoms with Crippen molar-refractivity contribution in [2.45, 2.75) is 39.0 Å². The number of aryl methyl sites for hydroxylation is 2. The van der Waals surface area contributed by atoms with E-state index < -0.39 is 0 Å². The molecule has 0 spiro atoms. The fraction of sp³-hybridized carbons (Fsp3) is 0.529. The van der Waals surface area contributed by atoms with E-state index in [2.05, 4.69) is 35.1 Å². The third-order valence-corrected chi connectivity index (χ3v) is 5.20. The lowest BCUT2D eigenvalue weighted by atomic mass is 10.1. The minimum Gasteiger partial charge on any atom is -0.455 e. The van der Waals surface area contributed by atoms with Gasteiger partial charge < -0.3 is 10.1 Å². The number of esters is 1. The summed E-state index contributed by atoms with van der Waals surface area (Å²) in [5, 5.41) is 2.74. The standard InChI is InChI=1S/C17H24BrNO3S/c1-11(2)5-6-19-16(20)9-22-17(21)10-23-15-8-12(3)14(18)7-13(15)4/h7-8,11H,5-6,9-10H2,1-4H3,(H,19,20). The molecule has 0 saturated heterocycles. The van der Waals surface area contributed by atoms with E-state index in [0.29, 0.717) is 12.5 Å². The lowest BCUT2D eigenvalue weighted by molar-refractivity contribution is -0.145. The van der Waals surface area contributed by atoms with Crippen LogP contribution >= 0.6 is 27.7 Å². The predicted molar refractivity (Wildman–Crippen MR) is 97.8 cm³/mol. The summed E-state index contributed by atoms with van der Waals surface area (Å²) in [6.45, 7) is 8.59. The summed E-state index contributed by atoms with van der Waals surface area (Å²) in [5.41, 5.74) is 2.22. The van der Waals surface area contributed by atoms with Gasteiger partial charge in [-0.2, -0.15) is 0 Å². The molecule has 1 rings (SSSR count). The van der Waals surface area contributed by atoms with Crippen molar-refractivity contribution in [1.82, 2.24) is 5.32 Å². The minimum absolute atomic E-state index is 0.196. The topological polar surface area (TPSA) is 55.4 Å². The Balaban J connectivity index is 2.32. The molecule has 0 aliphatic carbocycles. The Labute approximate surface area is 150 Å². The minimum atomic E-state index is -0.381. The Morgan fingerprint density at radius 3 is 2.61 bits per heavy atom. The molecular formula is C17H24BrNO3S. The SMILES string of the molecule is Cc1cc(SCC(=O)OCC(=O)NCCC(C)C)c(C)cc1Br. The molecule has 1 aromatic rings. The zero-order valence-electron chi connectivity index (χ0n) is 14.1. The van der Waals surface area contributed by atoms with Crippen LogP contribution in [-0.4, -0.2) is 30.8 Å². The quantitative estimate of drug-likeness (QED) is 0.530. The third-order valence-electron chi connectivity index (χ3n) is 3.21. The van der Waals surface area contributed by atoms with Gasteiger partial charge in [0.2, 0.25) is 0 Å². The van der Waals surface area contributed by atoms with Gasteiger partial charge in [0.05, 0.1) is 5.75 Å². The van der Waals surface area contributed by atoms with Crippen molar-refractivity contribution in [3.8, 4) is 0 Å². The first-order valence-corrected chi connectivity index (χ1v) is 9.39. The van der Waals surface area contributed by atoms with E-state index in [1.54, 1.807) is 0 Å². The van der Waals surface area contributed by atoms with Crippen molar-refractivity contribution in [2.24, 2.45) is 5.92 Å². The molecule has 1 aromatic carbocycles. The van der Waals surface area contributed by atoms with E-state index >= 15 is 0 Å². The van der Waals surface area contributed by atoms with Crippen LogP contribution < -0.4 is 5.32 Å². The number of benzene rings is 1. The number of thioether (sulfide) groups is 1. The summed E-state index contributed by atoms with van der Waals surface area (Å²) >= 11 is 4.91. The summed E-state index contributed by atoms with van der Waals surface area (Å²) in [5.74, 6) is 0.0989. The average Bonchev–Trinajstić information content (AvgIpc) is 2.47. The normalized spacial score (nSPS) is 10.7. The molecule has 4 nitrogen and oxygen atoms in total. The van der Waals surface area contributed by atoms with Gasteiger partial charge in [0.1, 0.15) is 0 Å². The number of carbonyl (C=O) groups is 2. The van der Waals surface area contributed by atoms with E-state index in [1.807, 2.05) is 26.0 Å². The maximum Gasteiger partial charge on any atom is 0.316 e. The molecule has 0 atom stereocenters. The summed E-state index contributed by atoms with van der Waals surface area (Å²) in [7, 11) is 0. The second kappa shape index (κ2) is 9.98. The van der Waals surface area contributed by atoms with E-state index in [4.69, 9.17) is 4.74 Å². The maximum atomic E-state index is 11.7. The van der Waals surface area contributed by atoms with Crippen molar-refractivity contribution < 1.29 is 14.3 Å².